The molecule has 3 nitrogen and oxygen atoms in total. The second kappa shape index (κ2) is 5.96. The van der Waals surface area contributed by atoms with Crippen molar-refractivity contribution in [2.75, 3.05) is 5.75 Å². The highest BCUT2D eigenvalue weighted by Crippen LogP contribution is 2.16. The Morgan fingerprint density at radius 1 is 1.47 bits per heavy atom. The van der Waals surface area contributed by atoms with Crippen molar-refractivity contribution in [3.63, 3.8) is 0 Å². The molecule has 0 bridgehead atoms. The molecule has 0 spiro atoms. The van der Waals surface area contributed by atoms with E-state index in [0.717, 1.165) is 6.42 Å². The summed E-state index contributed by atoms with van der Waals surface area (Å²) in [5.41, 5.74) is 0.932. The van der Waals surface area contributed by atoms with Crippen LogP contribution in [0.3, 0.4) is 0 Å². The molecule has 1 N–H and O–H groups in total. The van der Waals surface area contributed by atoms with Crippen molar-refractivity contribution in [1.82, 2.24) is 0 Å². The predicted molar refractivity (Wildman–Crippen MR) is 68.9 cm³/mol. The summed E-state index contributed by atoms with van der Waals surface area (Å²) in [6.07, 6.45) is 0.976. The fourth-order valence-corrected chi connectivity index (χ4v) is 2.86. The highest BCUT2D eigenvalue weighted by Gasteiger charge is 2.13. The normalized spacial score (nSPS) is 14.3. The second-order valence-corrected chi connectivity index (χ2v) is 5.80. The average Bonchev–Trinajstić information content (AvgIpc) is 2.28. The maximum Gasteiger partial charge on any atom is 0.335 e. The molecule has 0 heterocycles. The lowest BCUT2D eigenvalue weighted by Gasteiger charge is -2.09. The number of aromatic carboxylic acids is 1. The SMILES string of the molecule is CCC(C)CS(=O)c1ccc(C)c(C(=O)O)c1. The summed E-state index contributed by atoms with van der Waals surface area (Å²) in [5.74, 6) is -0.00572. The second-order valence-electron chi connectivity index (χ2n) is 4.31. The summed E-state index contributed by atoms with van der Waals surface area (Å²) in [6.45, 7) is 5.84. The summed E-state index contributed by atoms with van der Waals surface area (Å²) < 4.78 is 12.0. The molecule has 0 fully saturated rings. The first kappa shape index (κ1) is 13.9. The maximum absolute atomic E-state index is 12.0. The largest absolute Gasteiger partial charge is 0.478 e. The first-order valence-corrected chi connectivity index (χ1v) is 7.00. The van der Waals surface area contributed by atoms with Crippen LogP contribution in [0.1, 0.15) is 36.2 Å². The van der Waals surface area contributed by atoms with Crippen molar-refractivity contribution >= 4 is 16.8 Å². The van der Waals surface area contributed by atoms with Crippen LogP contribution in [0.4, 0.5) is 0 Å². The molecule has 17 heavy (non-hydrogen) atoms. The van der Waals surface area contributed by atoms with Gasteiger partial charge >= 0.3 is 5.97 Å². The zero-order valence-electron chi connectivity index (χ0n) is 10.4. The van der Waals surface area contributed by atoms with E-state index in [1.165, 1.54) is 6.07 Å². The van der Waals surface area contributed by atoms with Gasteiger partial charge in [0.25, 0.3) is 0 Å². The van der Waals surface area contributed by atoms with Gasteiger partial charge in [-0.2, -0.15) is 0 Å². The van der Waals surface area contributed by atoms with Crippen molar-refractivity contribution in [2.45, 2.75) is 32.1 Å². The first-order valence-electron chi connectivity index (χ1n) is 5.68. The van der Waals surface area contributed by atoms with Crippen LogP contribution in [-0.4, -0.2) is 21.0 Å². The molecule has 0 aliphatic heterocycles. The number of carbonyl (C=O) groups is 1. The van der Waals surface area contributed by atoms with E-state index in [2.05, 4.69) is 6.92 Å². The quantitative estimate of drug-likeness (QED) is 0.879. The Labute approximate surface area is 104 Å². The third-order valence-corrected chi connectivity index (χ3v) is 4.49. The average molecular weight is 254 g/mol. The number of aryl methyl sites for hydroxylation is 1. The number of hydrogen-bond donors (Lipinski definition) is 1. The van der Waals surface area contributed by atoms with Crippen LogP contribution >= 0.6 is 0 Å². The lowest BCUT2D eigenvalue weighted by molar-refractivity contribution is 0.0696. The van der Waals surface area contributed by atoms with Crippen LogP contribution in [0, 0.1) is 12.8 Å². The van der Waals surface area contributed by atoms with E-state index in [1.807, 2.05) is 6.92 Å². The van der Waals surface area contributed by atoms with Crippen LogP contribution in [0.2, 0.25) is 0 Å². The summed E-state index contributed by atoms with van der Waals surface area (Å²) >= 11 is 0. The zero-order chi connectivity index (χ0) is 13.0. The van der Waals surface area contributed by atoms with Crippen molar-refractivity contribution in [3.05, 3.63) is 29.3 Å². The van der Waals surface area contributed by atoms with Gasteiger partial charge in [0, 0.05) is 10.6 Å². The standard InChI is InChI=1S/C13H18O3S/c1-4-9(2)8-17(16)11-6-5-10(3)12(7-11)13(14)15/h5-7,9H,4,8H2,1-3H3,(H,14,15). The highest BCUT2D eigenvalue weighted by molar-refractivity contribution is 7.85. The molecular formula is C13H18O3S. The van der Waals surface area contributed by atoms with Gasteiger partial charge in [-0.05, 0) is 30.5 Å². The number of benzene rings is 1. The van der Waals surface area contributed by atoms with Gasteiger partial charge in [0.05, 0.1) is 16.4 Å². The van der Waals surface area contributed by atoms with E-state index in [1.54, 1.807) is 19.1 Å². The molecule has 4 heteroatoms. The van der Waals surface area contributed by atoms with E-state index < -0.39 is 16.8 Å². The van der Waals surface area contributed by atoms with Crippen LogP contribution in [0.25, 0.3) is 0 Å². The Balaban J connectivity index is 2.96. The Hall–Kier alpha value is -1.16. The fourth-order valence-electron chi connectivity index (χ4n) is 1.45. The lowest BCUT2D eigenvalue weighted by Crippen LogP contribution is -2.08. The minimum Gasteiger partial charge on any atom is -0.478 e. The molecule has 94 valence electrons. The van der Waals surface area contributed by atoms with Crippen molar-refractivity contribution < 1.29 is 14.1 Å². The third-order valence-electron chi connectivity index (χ3n) is 2.84. The van der Waals surface area contributed by atoms with E-state index in [4.69, 9.17) is 5.11 Å². The first-order chi connectivity index (χ1) is 7.95. The Kier molecular flexibility index (Phi) is 4.87. The van der Waals surface area contributed by atoms with Crippen LogP contribution < -0.4 is 0 Å². The van der Waals surface area contributed by atoms with Gasteiger partial charge in [0.1, 0.15) is 0 Å². The molecule has 2 atom stereocenters. The smallest absolute Gasteiger partial charge is 0.335 e. The molecule has 1 rings (SSSR count). The number of hydrogen-bond acceptors (Lipinski definition) is 2. The molecule has 0 aromatic heterocycles. The number of carboxylic acid groups (broad SMARTS) is 1. The molecule has 0 aliphatic carbocycles. The van der Waals surface area contributed by atoms with Crippen LogP contribution in [0.5, 0.6) is 0 Å². The molecule has 0 aliphatic rings. The molecule has 0 saturated carbocycles. The third kappa shape index (κ3) is 3.66. The van der Waals surface area contributed by atoms with Gasteiger partial charge in [0.15, 0.2) is 0 Å². The summed E-state index contributed by atoms with van der Waals surface area (Å²) in [6, 6.07) is 4.99. The van der Waals surface area contributed by atoms with Gasteiger partial charge in [0.2, 0.25) is 0 Å². The predicted octanol–water partition coefficient (Wildman–Crippen LogP) is 2.85. The van der Waals surface area contributed by atoms with E-state index >= 15 is 0 Å². The molecule has 1 aromatic rings. The van der Waals surface area contributed by atoms with Crippen molar-refractivity contribution in [1.29, 1.82) is 0 Å². The summed E-state index contributed by atoms with van der Waals surface area (Å²) in [4.78, 5) is 11.6. The Bertz CT molecular complexity index is 440. The van der Waals surface area contributed by atoms with Crippen molar-refractivity contribution in [3.8, 4) is 0 Å². The lowest BCUT2D eigenvalue weighted by atomic mass is 10.1. The van der Waals surface area contributed by atoms with Crippen molar-refractivity contribution in [2.24, 2.45) is 5.92 Å². The molecule has 0 amide bonds. The monoisotopic (exact) mass is 254 g/mol. The van der Waals surface area contributed by atoms with Crippen LogP contribution in [-0.2, 0) is 10.8 Å². The molecule has 0 saturated heterocycles. The zero-order valence-corrected chi connectivity index (χ0v) is 11.2. The maximum atomic E-state index is 12.0. The van der Waals surface area contributed by atoms with Gasteiger partial charge in [-0.15, -0.1) is 0 Å². The fraction of sp³-hybridized carbons (Fsp3) is 0.462. The van der Waals surface area contributed by atoms with Gasteiger partial charge < -0.3 is 5.11 Å². The molecule has 1 aromatic carbocycles. The summed E-state index contributed by atoms with van der Waals surface area (Å²) in [5, 5.41) is 9.00. The Morgan fingerprint density at radius 3 is 2.65 bits per heavy atom. The number of rotatable bonds is 5. The topological polar surface area (TPSA) is 54.4 Å². The Morgan fingerprint density at radius 2 is 2.12 bits per heavy atom. The van der Waals surface area contributed by atoms with Gasteiger partial charge in [-0.3, -0.25) is 4.21 Å². The highest BCUT2D eigenvalue weighted by atomic mass is 32.2. The minimum atomic E-state index is -1.11. The minimum absolute atomic E-state index is 0.236. The van der Waals surface area contributed by atoms with E-state index in [9.17, 15) is 9.00 Å². The van der Waals surface area contributed by atoms with E-state index in [0.29, 0.717) is 22.1 Å². The van der Waals surface area contributed by atoms with Gasteiger partial charge in [-0.1, -0.05) is 26.3 Å². The van der Waals surface area contributed by atoms with Crippen LogP contribution in [0.15, 0.2) is 23.1 Å². The van der Waals surface area contributed by atoms with Gasteiger partial charge in [-0.25, -0.2) is 4.79 Å². The number of carboxylic acids is 1. The molecular weight excluding hydrogens is 236 g/mol. The molecule has 0 radical (unpaired) electrons. The summed E-state index contributed by atoms with van der Waals surface area (Å²) in [7, 11) is -1.11. The molecule has 2 unspecified atom stereocenters. The van der Waals surface area contributed by atoms with E-state index in [-0.39, 0.29) is 5.56 Å².